The van der Waals surface area contributed by atoms with E-state index in [1.54, 1.807) is 0 Å². The fraction of sp³-hybridized carbons (Fsp3) is 0.552. The largest absolute Gasteiger partial charge is 0.481 e. The summed E-state index contributed by atoms with van der Waals surface area (Å²) >= 11 is 0. The van der Waals surface area contributed by atoms with E-state index in [1.165, 1.54) is 10.9 Å². The number of hydrogen-bond acceptors (Lipinski definition) is 5. The predicted molar refractivity (Wildman–Crippen MR) is 139 cm³/mol. The van der Waals surface area contributed by atoms with Gasteiger partial charge in [0, 0.05) is 30.8 Å². The van der Waals surface area contributed by atoms with Crippen molar-refractivity contribution in [2.75, 3.05) is 6.61 Å². The third-order valence-electron chi connectivity index (χ3n) is 6.87. The number of aliphatic carboxylic acids is 1. The van der Waals surface area contributed by atoms with E-state index in [2.05, 4.69) is 10.3 Å². The number of benzene rings is 1. The van der Waals surface area contributed by atoms with Crippen molar-refractivity contribution >= 4 is 5.97 Å². The number of carbonyl (C=O) groups is 1. The first kappa shape index (κ1) is 28.9. The number of carboxylic acids is 1. The van der Waals surface area contributed by atoms with Crippen LogP contribution in [0.15, 0.2) is 41.1 Å². The van der Waals surface area contributed by atoms with Crippen molar-refractivity contribution in [3.8, 4) is 11.3 Å². The minimum atomic E-state index is -4.67. The zero-order valence-electron chi connectivity index (χ0n) is 22.6. The Balaban J connectivity index is 1.57. The van der Waals surface area contributed by atoms with Gasteiger partial charge in [-0.3, -0.25) is 9.48 Å². The van der Waals surface area contributed by atoms with Crippen molar-refractivity contribution in [1.82, 2.24) is 14.9 Å². The topological polar surface area (TPSA) is 90.4 Å². The van der Waals surface area contributed by atoms with Gasteiger partial charge in [0.25, 0.3) is 0 Å². The summed E-state index contributed by atoms with van der Waals surface area (Å²) in [5, 5.41) is 17.7. The molecule has 39 heavy (non-hydrogen) atoms. The molecule has 0 amide bonds. The molecule has 1 N–H and O–H groups in total. The molecule has 10 heteroatoms. The Morgan fingerprint density at radius 3 is 2.54 bits per heavy atom. The van der Waals surface area contributed by atoms with Crippen LogP contribution in [-0.2, 0) is 28.9 Å². The Hall–Kier alpha value is -3.14. The normalized spacial score (nSPS) is 15.0. The molecule has 1 fully saturated rings. The van der Waals surface area contributed by atoms with Crippen LogP contribution >= 0.6 is 0 Å². The summed E-state index contributed by atoms with van der Waals surface area (Å²) in [4.78, 5) is 11.7. The van der Waals surface area contributed by atoms with E-state index in [4.69, 9.17) is 9.26 Å². The molecule has 4 rings (SSSR count). The van der Waals surface area contributed by atoms with Gasteiger partial charge in [0.2, 0.25) is 0 Å². The minimum absolute atomic E-state index is 0.00844. The second-order valence-electron chi connectivity index (χ2n) is 11.5. The molecule has 3 aromatic rings. The Morgan fingerprint density at radius 1 is 1.21 bits per heavy atom. The highest BCUT2D eigenvalue weighted by atomic mass is 19.4. The molecule has 7 nitrogen and oxygen atoms in total. The molecule has 0 radical (unpaired) electrons. The first-order valence-corrected chi connectivity index (χ1v) is 13.4. The summed E-state index contributed by atoms with van der Waals surface area (Å²) in [5.74, 6) is -1.45. The number of nitrogens with zero attached hydrogens (tertiary/aromatic N) is 3. The predicted octanol–water partition coefficient (Wildman–Crippen LogP) is 7.43. The molecule has 1 saturated carbocycles. The average molecular weight is 548 g/mol. The van der Waals surface area contributed by atoms with Crippen LogP contribution in [0, 0.1) is 5.41 Å². The molecule has 1 atom stereocenters. The molecule has 1 aromatic carbocycles. The van der Waals surface area contributed by atoms with Crippen LogP contribution in [0.4, 0.5) is 13.2 Å². The molecule has 2 heterocycles. The van der Waals surface area contributed by atoms with Gasteiger partial charge >= 0.3 is 12.1 Å². The molecule has 0 spiro atoms. The third-order valence-corrected chi connectivity index (χ3v) is 6.87. The van der Waals surface area contributed by atoms with E-state index >= 15 is 0 Å². The maximum Gasteiger partial charge on any atom is 0.435 e. The SMILES string of the molecule is CC(C)(C)CCn1cc(-c2onc([C@@H](CCCOCc3ccccc3)CC(=O)O)c2C2CC2)c(C(F)(F)F)n1. The van der Waals surface area contributed by atoms with Crippen molar-refractivity contribution < 1.29 is 32.3 Å². The monoisotopic (exact) mass is 547 g/mol. The maximum absolute atomic E-state index is 14.0. The molecule has 0 unspecified atom stereocenters. The fourth-order valence-electron chi connectivity index (χ4n) is 4.67. The van der Waals surface area contributed by atoms with Crippen LogP contribution in [0.5, 0.6) is 0 Å². The summed E-state index contributed by atoms with van der Waals surface area (Å²) in [7, 11) is 0. The molecule has 212 valence electrons. The molecule has 0 aliphatic heterocycles. The lowest BCUT2D eigenvalue weighted by Gasteiger charge is -2.17. The van der Waals surface area contributed by atoms with Gasteiger partial charge < -0.3 is 14.4 Å². The number of carboxylic acid groups (broad SMARTS) is 1. The van der Waals surface area contributed by atoms with Crippen LogP contribution in [0.25, 0.3) is 11.3 Å². The lowest BCUT2D eigenvalue weighted by Crippen LogP contribution is -2.12. The molecule has 1 aliphatic carbocycles. The van der Waals surface area contributed by atoms with Gasteiger partial charge in [0.1, 0.15) is 0 Å². The van der Waals surface area contributed by atoms with Crippen molar-refractivity contribution in [2.24, 2.45) is 5.41 Å². The van der Waals surface area contributed by atoms with Gasteiger partial charge in [-0.05, 0) is 49.0 Å². The second-order valence-corrected chi connectivity index (χ2v) is 11.5. The Kier molecular flexibility index (Phi) is 8.83. The van der Waals surface area contributed by atoms with Gasteiger partial charge in [-0.25, -0.2) is 0 Å². The number of halogens is 3. The summed E-state index contributed by atoms with van der Waals surface area (Å²) < 4.78 is 54.8. The van der Waals surface area contributed by atoms with Gasteiger partial charge in [0.05, 0.1) is 24.3 Å². The van der Waals surface area contributed by atoms with Crippen LogP contribution in [0.3, 0.4) is 0 Å². The van der Waals surface area contributed by atoms with Crippen molar-refractivity contribution in [3.05, 3.63) is 59.0 Å². The van der Waals surface area contributed by atoms with Crippen molar-refractivity contribution in [1.29, 1.82) is 0 Å². The van der Waals surface area contributed by atoms with E-state index in [1.807, 2.05) is 51.1 Å². The molecule has 0 bridgehead atoms. The average Bonchev–Trinajstić information content (AvgIpc) is 3.43. The summed E-state index contributed by atoms with van der Waals surface area (Å²) in [6.45, 7) is 7.26. The lowest BCUT2D eigenvalue weighted by molar-refractivity contribution is -0.141. The summed E-state index contributed by atoms with van der Waals surface area (Å²) in [6.07, 6.45) is -0.210. The highest BCUT2D eigenvalue weighted by molar-refractivity contribution is 5.70. The zero-order chi connectivity index (χ0) is 28.2. The smallest absolute Gasteiger partial charge is 0.435 e. The summed E-state index contributed by atoms with van der Waals surface area (Å²) in [5.41, 5.74) is 0.848. The third kappa shape index (κ3) is 7.94. The van der Waals surface area contributed by atoms with E-state index in [-0.39, 0.29) is 29.1 Å². The standard InChI is InChI=1S/C29H36F3N3O4/c1-28(2,3)13-14-35-17-22(27(33-35)29(30,31)32)26-24(20-11-12-20)25(34-39-26)21(16-23(36)37)10-7-15-38-18-19-8-5-4-6-9-19/h4-6,8-9,17,20-21H,7,10-16,18H2,1-3H3,(H,36,37)/t21-/m0/s1. The van der Waals surface area contributed by atoms with Crippen LogP contribution in [0.2, 0.25) is 0 Å². The highest BCUT2D eigenvalue weighted by Crippen LogP contribution is 2.50. The quantitative estimate of drug-likeness (QED) is 0.224. The highest BCUT2D eigenvalue weighted by Gasteiger charge is 2.42. The van der Waals surface area contributed by atoms with Gasteiger partial charge in [-0.1, -0.05) is 56.3 Å². The fourth-order valence-corrected chi connectivity index (χ4v) is 4.67. The minimum Gasteiger partial charge on any atom is -0.481 e. The van der Waals surface area contributed by atoms with Crippen LogP contribution in [0.1, 0.15) is 93.6 Å². The van der Waals surface area contributed by atoms with Gasteiger partial charge in [-0.2, -0.15) is 18.3 Å². The second kappa shape index (κ2) is 11.9. The number of ether oxygens (including phenoxy) is 1. The number of alkyl halides is 3. The molecule has 0 saturated heterocycles. The number of hydrogen-bond donors (Lipinski definition) is 1. The van der Waals surface area contributed by atoms with Crippen molar-refractivity contribution in [2.45, 2.75) is 90.5 Å². The maximum atomic E-state index is 14.0. The molecule has 1 aliphatic rings. The molecule has 2 aromatic heterocycles. The summed E-state index contributed by atoms with van der Waals surface area (Å²) in [6, 6.07) is 9.72. The first-order chi connectivity index (χ1) is 18.4. The number of rotatable bonds is 13. The zero-order valence-corrected chi connectivity index (χ0v) is 22.6. The first-order valence-electron chi connectivity index (χ1n) is 13.4. The van der Waals surface area contributed by atoms with E-state index in [0.717, 1.165) is 18.4 Å². The number of aromatic nitrogens is 3. The van der Waals surface area contributed by atoms with E-state index < -0.39 is 23.8 Å². The van der Waals surface area contributed by atoms with E-state index in [0.29, 0.717) is 50.3 Å². The Morgan fingerprint density at radius 2 is 1.92 bits per heavy atom. The Labute approximate surface area is 226 Å². The van der Waals surface area contributed by atoms with E-state index in [9.17, 15) is 23.1 Å². The number of aryl methyl sites for hydroxylation is 1. The van der Waals surface area contributed by atoms with Gasteiger partial charge in [-0.15, -0.1) is 0 Å². The molecular weight excluding hydrogens is 511 g/mol. The van der Waals surface area contributed by atoms with Crippen LogP contribution < -0.4 is 0 Å². The molecular formula is C29H36F3N3O4. The Bertz CT molecular complexity index is 1240. The van der Waals surface area contributed by atoms with Crippen molar-refractivity contribution in [3.63, 3.8) is 0 Å². The van der Waals surface area contributed by atoms with Crippen LogP contribution in [-0.4, -0.2) is 32.6 Å². The van der Waals surface area contributed by atoms with Gasteiger partial charge in [0.15, 0.2) is 11.5 Å². The lowest BCUT2D eigenvalue weighted by atomic mass is 9.90.